The van der Waals surface area contributed by atoms with E-state index in [2.05, 4.69) is 26.0 Å². The fraction of sp³-hybridized carbons (Fsp3) is 0.500. The van der Waals surface area contributed by atoms with Crippen LogP contribution >= 0.6 is 0 Å². The van der Waals surface area contributed by atoms with E-state index in [1.165, 1.54) is 11.1 Å². The number of benzene rings is 1. The molecule has 2 heteroatoms. The van der Waals surface area contributed by atoms with Crippen LogP contribution in [0.3, 0.4) is 0 Å². The van der Waals surface area contributed by atoms with Gasteiger partial charge in [0.1, 0.15) is 5.75 Å². The molecule has 0 heterocycles. The van der Waals surface area contributed by atoms with Gasteiger partial charge < -0.3 is 10.5 Å². The smallest absolute Gasteiger partial charge is 0.122 e. The highest BCUT2D eigenvalue weighted by Gasteiger charge is 2.05. The maximum Gasteiger partial charge on any atom is 0.122 e. The Labute approximate surface area is 86.1 Å². The third-order valence-electron chi connectivity index (χ3n) is 2.22. The molecule has 0 bridgehead atoms. The molecule has 2 nitrogen and oxygen atoms in total. The molecule has 2 N–H and O–H groups in total. The van der Waals surface area contributed by atoms with Crippen molar-refractivity contribution in [1.82, 2.24) is 0 Å². The zero-order chi connectivity index (χ0) is 10.7. The van der Waals surface area contributed by atoms with Crippen LogP contribution in [0, 0.1) is 13.8 Å². The van der Waals surface area contributed by atoms with Gasteiger partial charge in [-0.05, 0) is 50.5 Å². The second-order valence-corrected chi connectivity index (χ2v) is 3.91. The van der Waals surface area contributed by atoms with Gasteiger partial charge in [0.05, 0.1) is 6.10 Å². The van der Waals surface area contributed by atoms with Crippen molar-refractivity contribution in [2.75, 3.05) is 0 Å². The van der Waals surface area contributed by atoms with Crippen LogP contribution in [0.15, 0.2) is 12.1 Å². The van der Waals surface area contributed by atoms with E-state index in [-0.39, 0.29) is 6.10 Å². The summed E-state index contributed by atoms with van der Waals surface area (Å²) in [5.41, 5.74) is 9.18. The van der Waals surface area contributed by atoms with Crippen molar-refractivity contribution in [3.05, 3.63) is 28.8 Å². The molecule has 0 radical (unpaired) electrons. The molecule has 0 aliphatic rings. The summed E-state index contributed by atoms with van der Waals surface area (Å²) in [6.07, 6.45) is 0.219. The van der Waals surface area contributed by atoms with E-state index < -0.39 is 0 Å². The summed E-state index contributed by atoms with van der Waals surface area (Å²) >= 11 is 0. The van der Waals surface area contributed by atoms with E-state index in [1.54, 1.807) is 0 Å². The Morgan fingerprint density at radius 3 is 2.36 bits per heavy atom. The third-order valence-corrected chi connectivity index (χ3v) is 2.22. The van der Waals surface area contributed by atoms with Gasteiger partial charge in [0.15, 0.2) is 0 Å². The Morgan fingerprint density at radius 1 is 1.21 bits per heavy atom. The molecule has 0 fully saturated rings. The minimum absolute atomic E-state index is 0.219. The molecule has 0 aromatic heterocycles. The third kappa shape index (κ3) is 2.48. The van der Waals surface area contributed by atoms with Crippen molar-refractivity contribution < 1.29 is 4.74 Å². The van der Waals surface area contributed by atoms with Crippen molar-refractivity contribution in [1.29, 1.82) is 0 Å². The first kappa shape index (κ1) is 11.1. The van der Waals surface area contributed by atoms with Crippen molar-refractivity contribution >= 4 is 0 Å². The predicted molar refractivity (Wildman–Crippen MR) is 59.6 cm³/mol. The summed E-state index contributed by atoms with van der Waals surface area (Å²) in [5, 5.41) is 0. The van der Waals surface area contributed by atoms with Crippen LogP contribution in [-0.2, 0) is 6.54 Å². The zero-order valence-corrected chi connectivity index (χ0v) is 9.42. The maximum atomic E-state index is 5.68. The summed E-state index contributed by atoms with van der Waals surface area (Å²) in [6.45, 7) is 8.77. The van der Waals surface area contributed by atoms with Crippen molar-refractivity contribution in [2.45, 2.75) is 40.3 Å². The lowest BCUT2D eigenvalue weighted by Gasteiger charge is -2.14. The molecular formula is C12H19NO. The summed E-state index contributed by atoms with van der Waals surface area (Å²) < 4.78 is 5.68. The summed E-state index contributed by atoms with van der Waals surface area (Å²) in [4.78, 5) is 0. The van der Waals surface area contributed by atoms with Crippen LogP contribution in [0.4, 0.5) is 0 Å². The van der Waals surface area contributed by atoms with Gasteiger partial charge in [-0.2, -0.15) is 0 Å². The Kier molecular flexibility index (Phi) is 3.53. The monoisotopic (exact) mass is 193 g/mol. The first-order valence-corrected chi connectivity index (χ1v) is 5.01. The van der Waals surface area contributed by atoms with Gasteiger partial charge in [-0.15, -0.1) is 0 Å². The SMILES string of the molecule is Cc1cc(OC(C)C)c(C)cc1CN. The Balaban J connectivity index is 3.02. The van der Waals surface area contributed by atoms with Crippen LogP contribution in [0.25, 0.3) is 0 Å². The highest BCUT2D eigenvalue weighted by molar-refractivity contribution is 5.41. The standard InChI is InChI=1S/C12H19NO/c1-8(2)14-12-6-9(3)11(7-13)5-10(12)4/h5-6,8H,7,13H2,1-4H3. The van der Waals surface area contributed by atoms with Crippen molar-refractivity contribution in [2.24, 2.45) is 5.73 Å². The van der Waals surface area contributed by atoms with Crippen LogP contribution in [0.2, 0.25) is 0 Å². The molecule has 0 aliphatic heterocycles. The van der Waals surface area contributed by atoms with Gasteiger partial charge in [0, 0.05) is 6.54 Å². The van der Waals surface area contributed by atoms with E-state index in [9.17, 15) is 0 Å². The van der Waals surface area contributed by atoms with Gasteiger partial charge >= 0.3 is 0 Å². The van der Waals surface area contributed by atoms with Gasteiger partial charge in [-0.25, -0.2) is 0 Å². The molecule has 0 aliphatic carbocycles. The van der Waals surface area contributed by atoms with Crippen molar-refractivity contribution in [3.8, 4) is 5.75 Å². The summed E-state index contributed by atoms with van der Waals surface area (Å²) in [7, 11) is 0. The Hall–Kier alpha value is -1.02. The molecular weight excluding hydrogens is 174 g/mol. The van der Waals surface area contributed by atoms with E-state index >= 15 is 0 Å². The molecule has 0 amide bonds. The van der Waals surface area contributed by atoms with E-state index in [1.807, 2.05) is 13.8 Å². The molecule has 0 spiro atoms. The second kappa shape index (κ2) is 4.47. The molecule has 1 aromatic rings. The number of hydrogen-bond acceptors (Lipinski definition) is 2. The summed E-state index contributed by atoms with van der Waals surface area (Å²) in [5.74, 6) is 0.967. The average Bonchev–Trinajstić information content (AvgIpc) is 2.10. The van der Waals surface area contributed by atoms with E-state index in [4.69, 9.17) is 10.5 Å². The normalized spacial score (nSPS) is 10.7. The topological polar surface area (TPSA) is 35.2 Å². The molecule has 1 aromatic carbocycles. The number of aryl methyl sites for hydroxylation is 2. The average molecular weight is 193 g/mol. The lowest BCUT2D eigenvalue weighted by atomic mass is 10.0. The quantitative estimate of drug-likeness (QED) is 0.800. The fourth-order valence-electron chi connectivity index (χ4n) is 1.45. The fourth-order valence-corrected chi connectivity index (χ4v) is 1.45. The first-order valence-electron chi connectivity index (χ1n) is 5.01. The minimum Gasteiger partial charge on any atom is -0.491 e. The summed E-state index contributed by atoms with van der Waals surface area (Å²) in [6, 6.07) is 4.17. The Bertz CT molecular complexity index is 318. The lowest BCUT2D eigenvalue weighted by Crippen LogP contribution is -2.08. The highest BCUT2D eigenvalue weighted by Crippen LogP contribution is 2.23. The van der Waals surface area contributed by atoms with Crippen LogP contribution in [0.5, 0.6) is 5.75 Å². The zero-order valence-electron chi connectivity index (χ0n) is 9.42. The molecule has 1 rings (SSSR count). The van der Waals surface area contributed by atoms with E-state index in [0.29, 0.717) is 6.54 Å². The molecule has 0 atom stereocenters. The maximum absolute atomic E-state index is 5.68. The lowest BCUT2D eigenvalue weighted by molar-refractivity contribution is 0.240. The Morgan fingerprint density at radius 2 is 1.86 bits per heavy atom. The minimum atomic E-state index is 0.219. The van der Waals surface area contributed by atoms with Gasteiger partial charge in [-0.1, -0.05) is 6.07 Å². The number of nitrogens with two attached hydrogens (primary N) is 1. The van der Waals surface area contributed by atoms with Crippen LogP contribution in [0.1, 0.15) is 30.5 Å². The van der Waals surface area contributed by atoms with E-state index in [0.717, 1.165) is 11.3 Å². The largest absolute Gasteiger partial charge is 0.491 e. The van der Waals surface area contributed by atoms with Gasteiger partial charge in [0.2, 0.25) is 0 Å². The number of hydrogen-bond donors (Lipinski definition) is 1. The van der Waals surface area contributed by atoms with Crippen LogP contribution in [-0.4, -0.2) is 6.10 Å². The van der Waals surface area contributed by atoms with Gasteiger partial charge in [0.25, 0.3) is 0 Å². The van der Waals surface area contributed by atoms with Crippen molar-refractivity contribution in [3.63, 3.8) is 0 Å². The molecule has 14 heavy (non-hydrogen) atoms. The first-order chi connectivity index (χ1) is 6.54. The second-order valence-electron chi connectivity index (χ2n) is 3.91. The van der Waals surface area contributed by atoms with Gasteiger partial charge in [-0.3, -0.25) is 0 Å². The molecule has 0 unspecified atom stereocenters. The molecule has 0 saturated carbocycles. The number of rotatable bonds is 3. The van der Waals surface area contributed by atoms with Crippen LogP contribution < -0.4 is 10.5 Å². The number of ether oxygens (including phenoxy) is 1. The molecule has 78 valence electrons. The highest BCUT2D eigenvalue weighted by atomic mass is 16.5. The molecule has 0 saturated heterocycles. The predicted octanol–water partition coefficient (Wildman–Crippen LogP) is 2.55.